The first-order valence-electron chi connectivity index (χ1n) is 14.3. The second-order valence-electron chi connectivity index (χ2n) is 10.9. The van der Waals surface area contributed by atoms with Crippen LogP contribution >= 0.6 is 0 Å². The van der Waals surface area contributed by atoms with Crippen LogP contribution in [0.1, 0.15) is 26.3 Å². The monoisotopic (exact) mass is 701 g/mol. The van der Waals surface area contributed by atoms with Crippen LogP contribution in [0.2, 0.25) is 0 Å². The first-order chi connectivity index (χ1) is 23.1. The second-order valence-corrected chi connectivity index (χ2v) is 12.6. The van der Waals surface area contributed by atoms with Gasteiger partial charge in [0.25, 0.3) is 15.9 Å². The van der Waals surface area contributed by atoms with Crippen LogP contribution in [0.15, 0.2) is 71.9 Å². The average molecular weight is 702 g/mol. The number of aliphatic carboxylic acids is 2. The molecule has 0 aliphatic rings. The van der Waals surface area contributed by atoms with E-state index in [1.54, 1.807) is 42.5 Å². The van der Waals surface area contributed by atoms with Gasteiger partial charge in [0.05, 0.1) is 18.6 Å². The minimum Gasteiger partial charge on any atom is -0.493 e. The van der Waals surface area contributed by atoms with Crippen LogP contribution in [0.3, 0.4) is 0 Å². The van der Waals surface area contributed by atoms with Gasteiger partial charge in [-0.3, -0.25) is 4.72 Å². The van der Waals surface area contributed by atoms with E-state index < -0.39 is 34.2 Å². The van der Waals surface area contributed by atoms with Crippen molar-refractivity contribution in [2.75, 3.05) is 25.0 Å². The van der Waals surface area contributed by atoms with Crippen molar-refractivity contribution < 1.29 is 57.8 Å². The van der Waals surface area contributed by atoms with Gasteiger partial charge in [-0.1, -0.05) is 45.0 Å². The molecule has 0 spiro atoms. The third-order valence-corrected chi connectivity index (χ3v) is 7.63. The summed E-state index contributed by atoms with van der Waals surface area (Å²) < 4.78 is 46.6. The lowest BCUT2D eigenvalue weighted by atomic mass is 9.87. The molecule has 2 aromatic heterocycles. The number of nitrogens with one attached hydrogen (secondary N) is 1. The number of carboxylic acid groups (broad SMARTS) is 2. The van der Waals surface area contributed by atoms with E-state index in [2.05, 4.69) is 24.7 Å². The summed E-state index contributed by atoms with van der Waals surface area (Å²) in [5, 5.41) is 41.9. The summed E-state index contributed by atoms with van der Waals surface area (Å²) in [5.41, 5.74) is 0.827. The summed E-state index contributed by atoms with van der Waals surface area (Å²) in [6.45, 7) is 5.65. The van der Waals surface area contributed by atoms with Crippen molar-refractivity contribution in [3.8, 4) is 34.8 Å². The number of aliphatic hydroxyl groups is 3. The zero-order valence-electron chi connectivity index (χ0n) is 26.7. The van der Waals surface area contributed by atoms with E-state index in [9.17, 15) is 23.1 Å². The molecule has 2 aromatic carbocycles. The molecule has 0 radical (unpaired) electrons. The number of aliphatic hydroxyl groups excluding tert-OH is 3. The molecule has 18 heteroatoms. The van der Waals surface area contributed by atoms with Crippen LogP contribution < -0.4 is 18.9 Å². The number of para-hydroxylation sites is 2. The van der Waals surface area contributed by atoms with E-state index in [0.29, 0.717) is 5.75 Å². The Morgan fingerprint density at radius 1 is 0.857 bits per heavy atom. The third-order valence-electron chi connectivity index (χ3n) is 6.28. The van der Waals surface area contributed by atoms with Crippen LogP contribution in [-0.2, 0) is 25.0 Å². The van der Waals surface area contributed by atoms with Gasteiger partial charge in [0.1, 0.15) is 6.61 Å². The van der Waals surface area contributed by atoms with Gasteiger partial charge in [-0.05, 0) is 41.3 Å². The van der Waals surface area contributed by atoms with E-state index in [1.807, 2.05) is 20.8 Å². The molecule has 49 heavy (non-hydrogen) atoms. The van der Waals surface area contributed by atoms with Gasteiger partial charge < -0.3 is 39.7 Å². The maximum atomic E-state index is 13.5. The molecule has 0 bridgehead atoms. The molecule has 0 saturated heterocycles. The molecule has 4 aromatic rings. The first-order valence-corrected chi connectivity index (χ1v) is 15.8. The van der Waals surface area contributed by atoms with Gasteiger partial charge in [-0.15, -0.1) is 0 Å². The molecule has 0 aliphatic carbocycles. The minimum atomic E-state index is -4.14. The normalized spacial score (nSPS) is 12.5. The van der Waals surface area contributed by atoms with Crippen molar-refractivity contribution in [3.63, 3.8) is 0 Å². The summed E-state index contributed by atoms with van der Waals surface area (Å²) in [4.78, 5) is 36.6. The highest BCUT2D eigenvalue weighted by molar-refractivity contribution is 7.92. The highest BCUT2D eigenvalue weighted by atomic mass is 32.2. The Bertz CT molecular complexity index is 1820. The van der Waals surface area contributed by atoms with Crippen molar-refractivity contribution in [2.24, 2.45) is 0 Å². The zero-order valence-corrected chi connectivity index (χ0v) is 27.5. The van der Waals surface area contributed by atoms with Crippen LogP contribution in [0.4, 0.5) is 5.82 Å². The van der Waals surface area contributed by atoms with E-state index in [-0.39, 0.29) is 58.4 Å². The van der Waals surface area contributed by atoms with Gasteiger partial charge >= 0.3 is 11.9 Å². The Hall–Kier alpha value is -5.43. The maximum Gasteiger partial charge on any atom is 0.335 e. The summed E-state index contributed by atoms with van der Waals surface area (Å²) in [7, 11) is -2.66. The van der Waals surface area contributed by atoms with Crippen molar-refractivity contribution in [1.82, 2.24) is 19.9 Å². The SMILES string of the molecule is COc1ccccc1Oc1c(NS(=O)(=O)c2ccc(C(C)(C)C)cc2)nc(-c2ncccn2)nc1OCCO.O=C(O)C(O)C(O)C(=O)O. The largest absolute Gasteiger partial charge is 0.493 e. The maximum absolute atomic E-state index is 13.5. The number of benzene rings is 2. The standard InChI is InChI=1S/C27H29N5O6S.C4H6O6/c1-27(2,3)18-10-12-19(13-11-18)39(34,35)32-23-22(38-21-9-6-5-8-20(21)36-4)26(37-17-16-33)31-25(30-23)24-28-14-7-15-29-24;5-1(3(7)8)2(6)4(9)10/h5-15,33H,16-17H2,1-4H3,(H,30,31,32);1-2,5-6H,(H,7,8)(H,9,10). The number of hydrogen-bond acceptors (Lipinski definition) is 14. The predicted octanol–water partition coefficient (Wildman–Crippen LogP) is 2.08. The molecule has 262 valence electrons. The number of carboxylic acids is 2. The third kappa shape index (κ3) is 10.3. The fourth-order valence-corrected chi connectivity index (χ4v) is 4.75. The van der Waals surface area contributed by atoms with Gasteiger partial charge in [-0.25, -0.2) is 33.0 Å². The molecule has 2 atom stereocenters. The number of methoxy groups -OCH3 is 1. The number of carbonyl (C=O) groups is 2. The molecular weight excluding hydrogens is 666 g/mol. The Labute approximate surface area is 280 Å². The predicted molar refractivity (Wildman–Crippen MR) is 172 cm³/mol. The molecule has 0 saturated carbocycles. The lowest BCUT2D eigenvalue weighted by molar-refractivity contribution is -0.165. The van der Waals surface area contributed by atoms with Gasteiger partial charge in [0, 0.05) is 12.4 Å². The number of nitrogens with zero attached hydrogens (tertiary/aromatic N) is 4. The summed E-state index contributed by atoms with van der Waals surface area (Å²) in [6, 6.07) is 15.0. The lowest BCUT2D eigenvalue weighted by Crippen LogP contribution is -2.39. The Kier molecular flexibility index (Phi) is 12.9. The highest BCUT2D eigenvalue weighted by Gasteiger charge is 2.29. The van der Waals surface area contributed by atoms with E-state index >= 15 is 0 Å². The fourth-order valence-electron chi connectivity index (χ4n) is 3.75. The van der Waals surface area contributed by atoms with Crippen LogP contribution in [0, 0.1) is 0 Å². The molecule has 0 fully saturated rings. The van der Waals surface area contributed by atoms with Crippen molar-refractivity contribution in [1.29, 1.82) is 0 Å². The van der Waals surface area contributed by atoms with E-state index in [0.717, 1.165) is 5.56 Å². The lowest BCUT2D eigenvalue weighted by Gasteiger charge is -2.20. The Balaban J connectivity index is 0.000000565. The molecule has 0 aliphatic heterocycles. The number of sulfonamides is 1. The first kappa shape index (κ1) is 38.0. The molecule has 2 unspecified atom stereocenters. The van der Waals surface area contributed by atoms with Crippen LogP contribution in [0.5, 0.6) is 23.1 Å². The molecule has 2 heterocycles. The number of rotatable bonds is 13. The Morgan fingerprint density at radius 3 is 1.94 bits per heavy atom. The van der Waals surface area contributed by atoms with Crippen molar-refractivity contribution in [2.45, 2.75) is 43.3 Å². The molecule has 6 N–H and O–H groups in total. The van der Waals surface area contributed by atoms with E-state index in [1.165, 1.54) is 31.6 Å². The zero-order chi connectivity index (χ0) is 36.4. The number of ether oxygens (including phenoxy) is 3. The van der Waals surface area contributed by atoms with Crippen LogP contribution in [0.25, 0.3) is 11.6 Å². The van der Waals surface area contributed by atoms with Crippen molar-refractivity contribution >= 4 is 27.8 Å². The average Bonchev–Trinajstić information content (AvgIpc) is 3.07. The van der Waals surface area contributed by atoms with E-state index in [4.69, 9.17) is 34.6 Å². The molecule has 0 amide bonds. The summed E-state index contributed by atoms with van der Waals surface area (Å²) in [5.74, 6) is -3.27. The smallest absolute Gasteiger partial charge is 0.335 e. The summed E-state index contributed by atoms with van der Waals surface area (Å²) in [6.07, 6.45) is -1.53. The second kappa shape index (κ2) is 16.6. The molecule has 17 nitrogen and oxygen atoms in total. The molecular formula is C31H35N5O12S. The number of hydrogen-bond donors (Lipinski definition) is 6. The van der Waals surface area contributed by atoms with Gasteiger partial charge in [0.2, 0.25) is 11.6 Å². The quantitative estimate of drug-likeness (QED) is 0.117. The van der Waals surface area contributed by atoms with Gasteiger partial charge in [-0.2, -0.15) is 4.98 Å². The molecule has 4 rings (SSSR count). The highest BCUT2D eigenvalue weighted by Crippen LogP contribution is 2.41. The van der Waals surface area contributed by atoms with Gasteiger partial charge in [0.15, 0.2) is 35.3 Å². The topological polar surface area (TPSA) is 261 Å². The van der Waals surface area contributed by atoms with Crippen LogP contribution in [-0.4, -0.2) is 98.4 Å². The number of anilines is 1. The summed E-state index contributed by atoms with van der Waals surface area (Å²) >= 11 is 0. The number of aromatic nitrogens is 4. The van der Waals surface area contributed by atoms with Crippen molar-refractivity contribution in [3.05, 3.63) is 72.6 Å². The minimum absolute atomic E-state index is 0.0169. The Morgan fingerprint density at radius 2 is 1.43 bits per heavy atom. The fraction of sp³-hybridized carbons (Fsp3) is 0.290.